The molecule has 0 saturated carbocycles. The highest BCUT2D eigenvalue weighted by Gasteiger charge is 2.33. The smallest absolute Gasteiger partial charge is 0.246 e. The van der Waals surface area contributed by atoms with Crippen LogP contribution < -0.4 is 5.46 Å². The predicted octanol–water partition coefficient (Wildman–Crippen LogP) is 0.948. The molecule has 3 nitrogen and oxygen atoms in total. The van der Waals surface area contributed by atoms with Gasteiger partial charge in [-0.05, 0) is 12.1 Å². The molecule has 0 N–H and O–H groups in total. The van der Waals surface area contributed by atoms with Gasteiger partial charge in [0.1, 0.15) is 5.82 Å². The molecule has 0 atom stereocenters. The fraction of sp³-hybridized carbons (Fsp3) is 0. The van der Waals surface area contributed by atoms with E-state index >= 15 is 0 Å². The molecular formula is C9H2BF3N3-. The van der Waals surface area contributed by atoms with Crippen molar-refractivity contribution in [1.29, 1.82) is 15.8 Å². The third kappa shape index (κ3) is 1.47. The van der Waals surface area contributed by atoms with Gasteiger partial charge in [-0.2, -0.15) is 0 Å². The van der Waals surface area contributed by atoms with Crippen LogP contribution in [0.5, 0.6) is 0 Å². The lowest BCUT2D eigenvalue weighted by Gasteiger charge is -2.18. The van der Waals surface area contributed by atoms with Gasteiger partial charge in [-0.3, -0.25) is 0 Å². The molecule has 7 heteroatoms. The Labute approximate surface area is 88.9 Å². The molecule has 1 aromatic carbocycles. The van der Waals surface area contributed by atoms with Crippen LogP contribution in [0.1, 0.15) is 0 Å². The van der Waals surface area contributed by atoms with Crippen molar-refractivity contribution in [3.05, 3.63) is 29.6 Å². The zero-order chi connectivity index (χ0) is 12.3. The van der Waals surface area contributed by atoms with Crippen molar-refractivity contribution in [2.24, 2.45) is 0 Å². The molecule has 16 heavy (non-hydrogen) atoms. The minimum atomic E-state index is -3.41. The number of nitriles is 3. The Hall–Kier alpha value is -2.46. The largest absolute Gasteiger partial charge is 0.327 e. The van der Waals surface area contributed by atoms with Gasteiger partial charge in [0.05, 0.1) is 5.82 Å². The molecule has 0 aromatic heterocycles. The van der Waals surface area contributed by atoms with Crippen molar-refractivity contribution in [3.63, 3.8) is 0 Å². The van der Waals surface area contributed by atoms with Gasteiger partial charge in [0.25, 0.3) is 0 Å². The molecule has 0 radical (unpaired) electrons. The van der Waals surface area contributed by atoms with E-state index in [0.29, 0.717) is 12.1 Å². The number of benzene rings is 1. The Kier molecular flexibility index (Phi) is 2.88. The van der Waals surface area contributed by atoms with Gasteiger partial charge in [0.15, 0.2) is 5.82 Å². The number of nitrogens with zero attached hydrogens (tertiary/aromatic N) is 3. The SMILES string of the molecule is N#C[B-](C#N)(C#N)c1c(F)ccc(F)c1F. The van der Waals surface area contributed by atoms with Crippen molar-refractivity contribution in [3.8, 4) is 17.9 Å². The summed E-state index contributed by atoms with van der Waals surface area (Å²) in [6.07, 6.45) is -3.41. The molecule has 0 aliphatic rings. The molecule has 0 heterocycles. The maximum absolute atomic E-state index is 13.3. The molecular weight excluding hydrogens is 218 g/mol. The zero-order valence-corrected chi connectivity index (χ0v) is 7.71. The summed E-state index contributed by atoms with van der Waals surface area (Å²) in [6.45, 7) is 0. The van der Waals surface area contributed by atoms with E-state index < -0.39 is 29.1 Å². The molecule has 0 amide bonds. The standard InChI is InChI=1S/C9H2BF3N3/c11-6-1-2-7(12)9(13)8(6)10(3-14,4-15)5-16/h1-2H/q-1. The van der Waals surface area contributed by atoms with Gasteiger partial charge in [-0.15, -0.1) is 17.9 Å². The monoisotopic (exact) mass is 220 g/mol. The van der Waals surface area contributed by atoms with Crippen LogP contribution in [0.15, 0.2) is 12.1 Å². The predicted molar refractivity (Wildman–Crippen MR) is 48.5 cm³/mol. The van der Waals surface area contributed by atoms with Crippen molar-refractivity contribution in [1.82, 2.24) is 0 Å². The second-order valence-corrected chi connectivity index (χ2v) is 3.01. The summed E-state index contributed by atoms with van der Waals surface area (Å²) in [6, 6.07) is 1.08. The summed E-state index contributed by atoms with van der Waals surface area (Å²) in [5.41, 5.74) is -1.12. The second kappa shape index (κ2) is 3.96. The van der Waals surface area contributed by atoms with Crippen molar-refractivity contribution >= 4 is 11.6 Å². The minimum Gasteiger partial charge on any atom is -0.246 e. The molecule has 0 bridgehead atoms. The lowest BCUT2D eigenvalue weighted by molar-refractivity contribution is 0.503. The van der Waals surface area contributed by atoms with Crippen LogP contribution in [0.3, 0.4) is 0 Å². The van der Waals surface area contributed by atoms with E-state index in [1.165, 1.54) is 17.9 Å². The van der Waals surface area contributed by atoms with E-state index in [0.717, 1.165) is 0 Å². The first-order valence-corrected chi connectivity index (χ1v) is 4.05. The molecule has 0 aliphatic carbocycles. The first kappa shape index (κ1) is 11.6. The first-order chi connectivity index (χ1) is 7.52. The van der Waals surface area contributed by atoms with Gasteiger partial charge in [0.2, 0.25) is 0 Å². The number of halogens is 3. The second-order valence-electron chi connectivity index (χ2n) is 3.01. The summed E-state index contributed by atoms with van der Waals surface area (Å²) in [4.78, 5) is 0. The highest BCUT2D eigenvalue weighted by molar-refractivity contribution is 7.09. The van der Waals surface area contributed by atoms with Crippen LogP contribution in [0.25, 0.3) is 0 Å². The first-order valence-electron chi connectivity index (χ1n) is 4.05. The summed E-state index contributed by atoms with van der Waals surface area (Å²) >= 11 is 0. The quantitative estimate of drug-likeness (QED) is 0.522. The summed E-state index contributed by atoms with van der Waals surface area (Å²) in [5.74, 6) is -0.677. The van der Waals surface area contributed by atoms with E-state index in [4.69, 9.17) is 15.8 Å². The molecule has 0 unspecified atom stereocenters. The molecule has 1 rings (SSSR count). The van der Waals surface area contributed by atoms with Crippen LogP contribution in [0, 0.1) is 51.1 Å². The Bertz CT molecular complexity index is 529. The minimum absolute atomic E-state index is 0.515. The van der Waals surface area contributed by atoms with E-state index in [-0.39, 0.29) is 0 Å². The summed E-state index contributed by atoms with van der Waals surface area (Å²) in [7, 11) is 0. The number of hydrogen-bond donors (Lipinski definition) is 0. The van der Waals surface area contributed by atoms with Gasteiger partial charge in [0, 0.05) is 0 Å². The van der Waals surface area contributed by atoms with Crippen LogP contribution >= 0.6 is 0 Å². The average molecular weight is 220 g/mol. The van der Waals surface area contributed by atoms with Crippen LogP contribution in [0.2, 0.25) is 0 Å². The van der Waals surface area contributed by atoms with E-state index in [1.54, 1.807) is 0 Å². The molecule has 0 spiro atoms. The Morgan fingerprint density at radius 1 is 0.875 bits per heavy atom. The molecule has 78 valence electrons. The topological polar surface area (TPSA) is 71.4 Å². The highest BCUT2D eigenvalue weighted by atomic mass is 19.2. The molecule has 0 fully saturated rings. The summed E-state index contributed by atoms with van der Waals surface area (Å²) in [5, 5.41) is 25.9. The van der Waals surface area contributed by atoms with Crippen LogP contribution in [-0.4, -0.2) is 6.15 Å². The maximum atomic E-state index is 13.3. The normalized spacial score (nSPS) is 10.0. The Balaban J connectivity index is 3.71. The average Bonchev–Trinajstić information content (AvgIpc) is 2.30. The number of rotatable bonds is 1. The van der Waals surface area contributed by atoms with Crippen molar-refractivity contribution in [2.45, 2.75) is 0 Å². The van der Waals surface area contributed by atoms with Crippen LogP contribution in [0.4, 0.5) is 13.2 Å². The van der Waals surface area contributed by atoms with Gasteiger partial charge in [-0.1, -0.05) is 5.46 Å². The molecule has 1 aromatic rings. The third-order valence-corrected chi connectivity index (χ3v) is 2.09. The summed E-state index contributed by atoms with van der Waals surface area (Å²) < 4.78 is 39.3. The molecule has 0 saturated heterocycles. The Morgan fingerprint density at radius 3 is 1.75 bits per heavy atom. The number of hydrogen-bond acceptors (Lipinski definition) is 3. The molecule has 0 aliphatic heterocycles. The fourth-order valence-electron chi connectivity index (χ4n) is 1.22. The van der Waals surface area contributed by atoms with Gasteiger partial charge < -0.3 is 0 Å². The fourth-order valence-corrected chi connectivity index (χ4v) is 1.22. The highest BCUT2D eigenvalue weighted by Crippen LogP contribution is 2.11. The Morgan fingerprint density at radius 2 is 1.31 bits per heavy atom. The maximum Gasteiger partial charge on any atom is 0.327 e. The van der Waals surface area contributed by atoms with Gasteiger partial charge in [-0.25, -0.2) is 29.0 Å². The van der Waals surface area contributed by atoms with Crippen molar-refractivity contribution in [2.75, 3.05) is 0 Å². The van der Waals surface area contributed by atoms with Gasteiger partial charge >= 0.3 is 6.15 Å². The lowest BCUT2D eigenvalue weighted by atomic mass is 9.25. The third-order valence-electron chi connectivity index (χ3n) is 2.09. The van der Waals surface area contributed by atoms with E-state index in [9.17, 15) is 13.2 Å². The van der Waals surface area contributed by atoms with Crippen molar-refractivity contribution < 1.29 is 13.2 Å². The van der Waals surface area contributed by atoms with E-state index in [1.807, 2.05) is 0 Å². The lowest BCUT2D eigenvalue weighted by Crippen LogP contribution is -2.49. The van der Waals surface area contributed by atoms with E-state index in [2.05, 4.69) is 0 Å². The zero-order valence-electron chi connectivity index (χ0n) is 7.71. The van der Waals surface area contributed by atoms with Crippen LogP contribution in [-0.2, 0) is 0 Å².